The molecule has 2 aromatic rings. The first-order chi connectivity index (χ1) is 10.6. The van der Waals surface area contributed by atoms with Gasteiger partial charge in [0.05, 0.1) is 19.9 Å². The van der Waals surface area contributed by atoms with Gasteiger partial charge in [-0.1, -0.05) is 24.3 Å². The van der Waals surface area contributed by atoms with Gasteiger partial charge in [0.25, 0.3) is 0 Å². The highest BCUT2D eigenvalue weighted by Crippen LogP contribution is 2.28. The number of hydrogen-bond donors (Lipinski definition) is 1. The van der Waals surface area contributed by atoms with Crippen LogP contribution in [0.5, 0.6) is 11.5 Å². The Hall–Kier alpha value is -2.75. The van der Waals surface area contributed by atoms with Crippen molar-refractivity contribution in [3.8, 4) is 11.5 Å². The van der Waals surface area contributed by atoms with E-state index >= 15 is 0 Å². The van der Waals surface area contributed by atoms with Crippen molar-refractivity contribution in [1.82, 2.24) is 0 Å². The summed E-state index contributed by atoms with van der Waals surface area (Å²) in [6.07, 6.45) is 3.30. The number of carbonyl (C=O) groups is 1. The van der Waals surface area contributed by atoms with Crippen molar-refractivity contribution in [2.45, 2.75) is 6.92 Å². The van der Waals surface area contributed by atoms with Crippen molar-refractivity contribution in [2.75, 3.05) is 19.5 Å². The van der Waals surface area contributed by atoms with Crippen LogP contribution in [-0.2, 0) is 4.79 Å². The quantitative estimate of drug-likeness (QED) is 0.857. The van der Waals surface area contributed by atoms with Gasteiger partial charge in [-0.25, -0.2) is 0 Å². The van der Waals surface area contributed by atoms with Crippen LogP contribution in [0.1, 0.15) is 11.1 Å². The fourth-order valence-electron chi connectivity index (χ4n) is 2.02. The molecule has 4 heteroatoms. The van der Waals surface area contributed by atoms with E-state index in [1.165, 1.54) is 6.08 Å². The number of amides is 1. The molecule has 1 amide bonds. The van der Waals surface area contributed by atoms with Gasteiger partial charge >= 0.3 is 0 Å². The molecule has 0 bridgehead atoms. The van der Waals surface area contributed by atoms with Crippen LogP contribution < -0.4 is 14.8 Å². The number of aryl methyl sites for hydroxylation is 1. The van der Waals surface area contributed by atoms with Crippen LogP contribution in [0.4, 0.5) is 5.69 Å². The third kappa shape index (κ3) is 3.88. The van der Waals surface area contributed by atoms with Gasteiger partial charge in [0.1, 0.15) is 11.5 Å². The molecule has 0 radical (unpaired) electrons. The summed E-state index contributed by atoms with van der Waals surface area (Å²) in [6.45, 7) is 2.00. The lowest BCUT2D eigenvalue weighted by Crippen LogP contribution is -2.09. The zero-order valence-corrected chi connectivity index (χ0v) is 12.9. The molecular weight excluding hydrogens is 278 g/mol. The maximum Gasteiger partial charge on any atom is 0.248 e. The van der Waals surface area contributed by atoms with Gasteiger partial charge in [0.15, 0.2) is 0 Å². The van der Waals surface area contributed by atoms with E-state index in [2.05, 4.69) is 5.32 Å². The predicted octanol–water partition coefficient (Wildman–Crippen LogP) is 3.66. The van der Waals surface area contributed by atoms with Crippen molar-refractivity contribution in [3.05, 3.63) is 59.7 Å². The molecule has 0 saturated carbocycles. The zero-order chi connectivity index (χ0) is 15.9. The van der Waals surface area contributed by atoms with Crippen LogP contribution in [0, 0.1) is 6.92 Å². The molecule has 114 valence electrons. The molecule has 2 aromatic carbocycles. The van der Waals surface area contributed by atoms with E-state index in [1.54, 1.807) is 38.5 Å². The summed E-state index contributed by atoms with van der Waals surface area (Å²) < 4.78 is 10.4. The average Bonchev–Trinajstić information content (AvgIpc) is 2.54. The normalized spacial score (nSPS) is 10.5. The SMILES string of the molecule is COc1ccc(NC(=O)C=Cc2ccccc2C)c(OC)c1. The second-order valence-electron chi connectivity index (χ2n) is 4.75. The molecule has 0 aliphatic heterocycles. The number of anilines is 1. The Labute approximate surface area is 130 Å². The minimum atomic E-state index is -0.216. The first-order valence-corrected chi connectivity index (χ1v) is 6.90. The molecule has 0 unspecified atom stereocenters. The highest BCUT2D eigenvalue weighted by atomic mass is 16.5. The number of ether oxygens (including phenoxy) is 2. The van der Waals surface area contributed by atoms with Crippen LogP contribution in [0.25, 0.3) is 6.08 Å². The molecule has 0 spiro atoms. The van der Waals surface area contributed by atoms with E-state index in [0.29, 0.717) is 17.2 Å². The van der Waals surface area contributed by atoms with Gasteiger partial charge in [-0.15, -0.1) is 0 Å². The maximum atomic E-state index is 12.0. The standard InChI is InChI=1S/C18H19NO3/c1-13-6-4-5-7-14(13)8-11-18(20)19-16-10-9-15(21-2)12-17(16)22-3/h4-12H,1-3H3,(H,19,20). The molecular formula is C18H19NO3. The molecule has 0 heterocycles. The van der Waals surface area contributed by atoms with E-state index in [0.717, 1.165) is 11.1 Å². The van der Waals surface area contributed by atoms with E-state index < -0.39 is 0 Å². The van der Waals surface area contributed by atoms with Gasteiger partial charge in [0.2, 0.25) is 5.91 Å². The highest BCUT2D eigenvalue weighted by molar-refractivity contribution is 6.02. The van der Waals surface area contributed by atoms with Crippen LogP contribution in [0.3, 0.4) is 0 Å². The lowest BCUT2D eigenvalue weighted by Gasteiger charge is -2.10. The molecule has 0 aliphatic rings. The van der Waals surface area contributed by atoms with E-state index in [4.69, 9.17) is 9.47 Å². The third-order valence-corrected chi connectivity index (χ3v) is 3.27. The molecule has 4 nitrogen and oxygen atoms in total. The Morgan fingerprint density at radius 1 is 1.09 bits per heavy atom. The molecule has 0 saturated heterocycles. The summed E-state index contributed by atoms with van der Waals surface area (Å²) in [6, 6.07) is 13.1. The third-order valence-electron chi connectivity index (χ3n) is 3.27. The van der Waals surface area contributed by atoms with Crippen molar-refractivity contribution >= 4 is 17.7 Å². The Kier molecular flexibility index (Phi) is 5.20. The Bertz CT molecular complexity index is 692. The highest BCUT2D eigenvalue weighted by Gasteiger charge is 2.07. The van der Waals surface area contributed by atoms with Gasteiger partial charge in [0, 0.05) is 12.1 Å². The predicted molar refractivity (Wildman–Crippen MR) is 88.4 cm³/mol. The number of methoxy groups -OCH3 is 2. The first kappa shape index (κ1) is 15.6. The van der Waals surface area contributed by atoms with Gasteiger partial charge in [-0.3, -0.25) is 4.79 Å². The minimum Gasteiger partial charge on any atom is -0.497 e. The fraction of sp³-hybridized carbons (Fsp3) is 0.167. The summed E-state index contributed by atoms with van der Waals surface area (Å²) in [5.41, 5.74) is 2.73. The second kappa shape index (κ2) is 7.31. The van der Waals surface area contributed by atoms with Gasteiger partial charge in [-0.2, -0.15) is 0 Å². The largest absolute Gasteiger partial charge is 0.497 e. The zero-order valence-electron chi connectivity index (χ0n) is 12.9. The summed E-state index contributed by atoms with van der Waals surface area (Å²) in [4.78, 5) is 12.0. The molecule has 0 fully saturated rings. The number of rotatable bonds is 5. The number of benzene rings is 2. The topological polar surface area (TPSA) is 47.6 Å². The maximum absolute atomic E-state index is 12.0. The lowest BCUT2D eigenvalue weighted by atomic mass is 10.1. The number of hydrogen-bond acceptors (Lipinski definition) is 3. The van der Waals surface area contributed by atoms with Crippen molar-refractivity contribution in [2.24, 2.45) is 0 Å². The van der Waals surface area contributed by atoms with Crippen molar-refractivity contribution < 1.29 is 14.3 Å². The van der Waals surface area contributed by atoms with Gasteiger partial charge in [-0.05, 0) is 36.3 Å². The summed E-state index contributed by atoms with van der Waals surface area (Å²) >= 11 is 0. The molecule has 22 heavy (non-hydrogen) atoms. The smallest absolute Gasteiger partial charge is 0.248 e. The molecule has 1 N–H and O–H groups in total. The Balaban J connectivity index is 2.11. The minimum absolute atomic E-state index is 0.216. The van der Waals surface area contributed by atoms with Gasteiger partial charge < -0.3 is 14.8 Å². The van der Waals surface area contributed by atoms with Crippen LogP contribution >= 0.6 is 0 Å². The molecule has 0 aromatic heterocycles. The average molecular weight is 297 g/mol. The molecule has 0 aliphatic carbocycles. The van der Waals surface area contributed by atoms with E-state index in [1.807, 2.05) is 31.2 Å². The first-order valence-electron chi connectivity index (χ1n) is 6.90. The lowest BCUT2D eigenvalue weighted by molar-refractivity contribution is -0.111. The van der Waals surface area contributed by atoms with E-state index in [9.17, 15) is 4.79 Å². The summed E-state index contributed by atoms with van der Waals surface area (Å²) in [5, 5.41) is 2.80. The fourth-order valence-corrected chi connectivity index (χ4v) is 2.02. The number of nitrogens with one attached hydrogen (secondary N) is 1. The van der Waals surface area contributed by atoms with Crippen LogP contribution in [0.2, 0.25) is 0 Å². The Morgan fingerprint density at radius 3 is 2.55 bits per heavy atom. The summed E-state index contributed by atoms with van der Waals surface area (Å²) in [7, 11) is 3.13. The molecule has 2 rings (SSSR count). The second-order valence-corrected chi connectivity index (χ2v) is 4.75. The van der Waals surface area contributed by atoms with E-state index in [-0.39, 0.29) is 5.91 Å². The van der Waals surface area contributed by atoms with Crippen molar-refractivity contribution in [3.63, 3.8) is 0 Å². The summed E-state index contributed by atoms with van der Waals surface area (Å²) in [5.74, 6) is 1.01. The molecule has 0 atom stereocenters. The number of carbonyl (C=O) groups excluding carboxylic acids is 1. The monoisotopic (exact) mass is 297 g/mol. The Morgan fingerprint density at radius 2 is 1.86 bits per heavy atom. The van der Waals surface area contributed by atoms with Crippen molar-refractivity contribution in [1.29, 1.82) is 0 Å². The van der Waals surface area contributed by atoms with Crippen LogP contribution in [0.15, 0.2) is 48.5 Å². The van der Waals surface area contributed by atoms with Crippen LogP contribution in [-0.4, -0.2) is 20.1 Å².